The topological polar surface area (TPSA) is 87.7 Å². The molecule has 0 aliphatic heterocycles. The number of aliphatic hydroxyl groups is 1. The third kappa shape index (κ3) is 5.89. The van der Waals surface area contributed by atoms with Crippen LogP contribution in [0.1, 0.15) is 31.2 Å². The number of benzene rings is 2. The summed E-state index contributed by atoms with van der Waals surface area (Å²) in [6.07, 6.45) is 1.86. The first kappa shape index (κ1) is 19.5. The van der Waals surface area contributed by atoms with Gasteiger partial charge in [0.25, 0.3) is 0 Å². The maximum atomic E-state index is 12.0. The summed E-state index contributed by atoms with van der Waals surface area (Å²) in [6.45, 7) is -0.125. The van der Waals surface area contributed by atoms with Crippen LogP contribution >= 0.6 is 0 Å². The van der Waals surface area contributed by atoms with Crippen LogP contribution < -0.4 is 15.4 Å². The molecule has 2 amide bonds. The Bertz CT molecular complexity index is 683. The van der Waals surface area contributed by atoms with E-state index in [1.165, 1.54) is 0 Å². The van der Waals surface area contributed by atoms with Crippen LogP contribution in [0, 0.1) is 0 Å². The first-order chi connectivity index (χ1) is 12.6. The van der Waals surface area contributed by atoms with Crippen molar-refractivity contribution in [1.82, 2.24) is 0 Å². The van der Waals surface area contributed by atoms with E-state index in [0.717, 1.165) is 0 Å². The zero-order chi connectivity index (χ0) is 18.8. The van der Waals surface area contributed by atoms with Crippen LogP contribution in [0.25, 0.3) is 0 Å². The molecular formula is C20H24N2O4. The first-order valence-electron chi connectivity index (χ1n) is 8.55. The van der Waals surface area contributed by atoms with E-state index >= 15 is 0 Å². The second-order valence-corrected chi connectivity index (χ2v) is 5.82. The standard InChI is InChI=1S/C20H24N2O4/c1-26-18-11-5-4-10-17(18)22-20(25)13-7-6-12-19(24)21-16-9-3-2-8-15(16)14-23/h2-5,8-11,23H,6-7,12-14H2,1H3,(H,21,24)(H,22,25). The normalized spacial score (nSPS) is 10.2. The average molecular weight is 356 g/mol. The molecule has 0 unspecified atom stereocenters. The first-order valence-corrected chi connectivity index (χ1v) is 8.55. The van der Waals surface area contributed by atoms with E-state index in [0.29, 0.717) is 48.4 Å². The van der Waals surface area contributed by atoms with Gasteiger partial charge in [-0.15, -0.1) is 0 Å². The molecule has 0 heterocycles. The van der Waals surface area contributed by atoms with Crippen LogP contribution in [-0.2, 0) is 16.2 Å². The highest BCUT2D eigenvalue weighted by molar-refractivity contribution is 5.93. The number of rotatable bonds is 9. The number of hydrogen-bond donors (Lipinski definition) is 3. The van der Waals surface area contributed by atoms with Gasteiger partial charge in [0.05, 0.1) is 19.4 Å². The molecular weight excluding hydrogens is 332 g/mol. The highest BCUT2D eigenvalue weighted by Gasteiger charge is 2.09. The average Bonchev–Trinajstić information content (AvgIpc) is 2.66. The van der Waals surface area contributed by atoms with Crippen molar-refractivity contribution in [2.75, 3.05) is 17.7 Å². The number of carbonyl (C=O) groups is 2. The smallest absolute Gasteiger partial charge is 0.224 e. The molecule has 0 aromatic heterocycles. The van der Waals surface area contributed by atoms with Crippen molar-refractivity contribution in [3.63, 3.8) is 0 Å². The zero-order valence-electron chi connectivity index (χ0n) is 14.8. The predicted molar refractivity (Wildman–Crippen MR) is 101 cm³/mol. The van der Waals surface area contributed by atoms with Crippen molar-refractivity contribution in [2.45, 2.75) is 32.3 Å². The molecule has 0 saturated carbocycles. The summed E-state index contributed by atoms with van der Waals surface area (Å²) >= 11 is 0. The van der Waals surface area contributed by atoms with E-state index < -0.39 is 0 Å². The van der Waals surface area contributed by atoms with Crippen molar-refractivity contribution >= 4 is 23.2 Å². The second-order valence-electron chi connectivity index (χ2n) is 5.82. The molecule has 138 valence electrons. The largest absolute Gasteiger partial charge is 0.495 e. The van der Waals surface area contributed by atoms with E-state index in [2.05, 4.69) is 10.6 Å². The van der Waals surface area contributed by atoms with Gasteiger partial charge >= 0.3 is 0 Å². The quantitative estimate of drug-likeness (QED) is 0.602. The van der Waals surface area contributed by atoms with Gasteiger partial charge in [-0.05, 0) is 31.0 Å². The molecule has 26 heavy (non-hydrogen) atoms. The minimum absolute atomic E-state index is 0.111. The molecule has 0 radical (unpaired) electrons. The van der Waals surface area contributed by atoms with Gasteiger partial charge in [0.15, 0.2) is 0 Å². The van der Waals surface area contributed by atoms with Gasteiger partial charge in [0, 0.05) is 24.1 Å². The Kier molecular flexibility index (Phi) is 7.64. The van der Waals surface area contributed by atoms with Crippen LogP contribution in [0.2, 0.25) is 0 Å². The molecule has 6 nitrogen and oxygen atoms in total. The van der Waals surface area contributed by atoms with Crippen LogP contribution in [-0.4, -0.2) is 24.0 Å². The Morgan fingerprint density at radius 1 is 0.885 bits per heavy atom. The van der Waals surface area contributed by atoms with Gasteiger partial charge in [-0.25, -0.2) is 0 Å². The van der Waals surface area contributed by atoms with Gasteiger partial charge in [-0.2, -0.15) is 0 Å². The molecule has 0 atom stereocenters. The van der Waals surface area contributed by atoms with Crippen LogP contribution in [0.3, 0.4) is 0 Å². The second kappa shape index (κ2) is 10.2. The minimum Gasteiger partial charge on any atom is -0.495 e. The Balaban J connectivity index is 1.71. The van der Waals surface area contributed by atoms with Gasteiger partial charge in [-0.1, -0.05) is 30.3 Å². The van der Waals surface area contributed by atoms with E-state index in [-0.39, 0.29) is 18.4 Å². The highest BCUT2D eigenvalue weighted by Crippen LogP contribution is 2.23. The number of anilines is 2. The summed E-state index contributed by atoms with van der Waals surface area (Å²) in [5, 5.41) is 14.9. The number of para-hydroxylation sites is 3. The van der Waals surface area contributed by atoms with E-state index in [4.69, 9.17) is 4.74 Å². The number of methoxy groups -OCH3 is 1. The van der Waals surface area contributed by atoms with Gasteiger partial charge < -0.3 is 20.5 Å². The lowest BCUT2D eigenvalue weighted by Crippen LogP contribution is -2.14. The minimum atomic E-state index is -0.129. The number of hydrogen-bond acceptors (Lipinski definition) is 4. The SMILES string of the molecule is COc1ccccc1NC(=O)CCCCC(=O)Nc1ccccc1CO. The molecule has 2 aromatic carbocycles. The third-order valence-electron chi connectivity index (χ3n) is 3.90. The van der Waals surface area contributed by atoms with Crippen molar-refractivity contribution in [1.29, 1.82) is 0 Å². The van der Waals surface area contributed by atoms with Crippen LogP contribution in [0.4, 0.5) is 11.4 Å². The molecule has 2 rings (SSSR count). The number of ether oxygens (including phenoxy) is 1. The maximum Gasteiger partial charge on any atom is 0.224 e. The number of carbonyl (C=O) groups excluding carboxylic acids is 2. The summed E-state index contributed by atoms with van der Waals surface area (Å²) in [6, 6.07) is 14.3. The van der Waals surface area contributed by atoms with Gasteiger partial charge in [0.2, 0.25) is 11.8 Å². The monoisotopic (exact) mass is 356 g/mol. The van der Waals surface area contributed by atoms with Crippen molar-refractivity contribution in [3.8, 4) is 5.75 Å². The van der Waals surface area contributed by atoms with Crippen molar-refractivity contribution in [2.24, 2.45) is 0 Å². The van der Waals surface area contributed by atoms with E-state index in [1.54, 1.807) is 37.4 Å². The molecule has 0 saturated heterocycles. The van der Waals surface area contributed by atoms with Crippen molar-refractivity contribution < 1.29 is 19.4 Å². The molecule has 0 spiro atoms. The maximum absolute atomic E-state index is 12.0. The predicted octanol–water partition coefficient (Wildman–Crippen LogP) is 3.33. The fourth-order valence-electron chi connectivity index (χ4n) is 2.52. The molecule has 2 aromatic rings. The summed E-state index contributed by atoms with van der Waals surface area (Å²) in [7, 11) is 1.55. The van der Waals surface area contributed by atoms with Crippen LogP contribution in [0.15, 0.2) is 48.5 Å². The Labute approximate surface area is 153 Å². The summed E-state index contributed by atoms with van der Waals surface area (Å²) < 4.78 is 5.19. The molecule has 0 aliphatic carbocycles. The zero-order valence-corrected chi connectivity index (χ0v) is 14.8. The summed E-state index contributed by atoms with van der Waals surface area (Å²) in [5.74, 6) is 0.374. The lowest BCUT2D eigenvalue weighted by Gasteiger charge is -2.10. The molecule has 0 aliphatic rings. The number of unbranched alkanes of at least 4 members (excludes halogenated alkanes) is 1. The molecule has 3 N–H and O–H groups in total. The number of nitrogens with one attached hydrogen (secondary N) is 2. The van der Waals surface area contributed by atoms with E-state index in [1.807, 2.05) is 18.2 Å². The number of amides is 2. The fourth-order valence-corrected chi connectivity index (χ4v) is 2.52. The summed E-state index contributed by atoms with van der Waals surface area (Å²) in [4.78, 5) is 24.0. The Hall–Kier alpha value is -2.86. The molecule has 6 heteroatoms. The molecule has 0 bridgehead atoms. The number of aliphatic hydroxyl groups excluding tert-OH is 1. The van der Waals surface area contributed by atoms with Crippen molar-refractivity contribution in [3.05, 3.63) is 54.1 Å². The fraction of sp³-hybridized carbons (Fsp3) is 0.300. The Morgan fingerprint density at radius 2 is 1.42 bits per heavy atom. The third-order valence-corrected chi connectivity index (χ3v) is 3.90. The summed E-state index contributed by atoms with van der Waals surface area (Å²) in [5.41, 5.74) is 1.93. The van der Waals surface area contributed by atoms with E-state index in [9.17, 15) is 14.7 Å². The van der Waals surface area contributed by atoms with Gasteiger partial charge in [-0.3, -0.25) is 9.59 Å². The highest BCUT2D eigenvalue weighted by atomic mass is 16.5. The lowest BCUT2D eigenvalue weighted by molar-refractivity contribution is -0.118. The van der Waals surface area contributed by atoms with Crippen LogP contribution in [0.5, 0.6) is 5.75 Å². The molecule has 0 fully saturated rings. The lowest BCUT2D eigenvalue weighted by atomic mass is 10.1. The Morgan fingerprint density at radius 3 is 2.04 bits per heavy atom. The van der Waals surface area contributed by atoms with Gasteiger partial charge in [0.1, 0.15) is 5.75 Å².